The van der Waals surface area contributed by atoms with Crippen molar-refractivity contribution in [1.82, 2.24) is 9.78 Å². The molecule has 1 aromatic carbocycles. The van der Waals surface area contributed by atoms with Crippen molar-refractivity contribution in [2.45, 2.75) is 33.9 Å². The van der Waals surface area contributed by atoms with E-state index >= 15 is 0 Å². The number of primary amides is 1. The van der Waals surface area contributed by atoms with Crippen LogP contribution in [0.25, 0.3) is 0 Å². The maximum absolute atomic E-state index is 11.1. The predicted molar refractivity (Wildman–Crippen MR) is 84.6 cm³/mol. The number of aromatic nitrogens is 2. The number of hydrogen-bond donors (Lipinski definition) is 1. The van der Waals surface area contributed by atoms with Gasteiger partial charge in [-0.1, -0.05) is 17.3 Å². The van der Waals surface area contributed by atoms with E-state index in [1.165, 1.54) is 0 Å². The Balaban J connectivity index is 1.93. The van der Waals surface area contributed by atoms with Gasteiger partial charge in [0.2, 0.25) is 5.91 Å². The molecule has 22 heavy (non-hydrogen) atoms. The Hall–Kier alpha value is -2.63. The lowest BCUT2D eigenvalue weighted by Gasteiger charge is -2.05. The summed E-state index contributed by atoms with van der Waals surface area (Å²) < 4.78 is 1.88. The summed E-state index contributed by atoms with van der Waals surface area (Å²) in [5, 5.41) is 8.46. The number of carbonyl (C=O) groups excluding carboxylic acids is 1. The predicted octanol–water partition coefficient (Wildman–Crippen LogP) is 2.19. The molecule has 116 valence electrons. The third kappa shape index (κ3) is 4.18. The molecule has 0 bridgehead atoms. The van der Waals surface area contributed by atoms with Crippen molar-refractivity contribution < 1.29 is 9.63 Å². The molecular weight excluding hydrogens is 280 g/mol. The van der Waals surface area contributed by atoms with Gasteiger partial charge in [-0.25, -0.2) is 0 Å². The Labute approximate surface area is 129 Å². The SMILES string of the molecule is CC(Cn1nc(C)cc1C)=NOCc1cccc(C(N)=O)c1. The van der Waals surface area contributed by atoms with Gasteiger partial charge in [0.1, 0.15) is 6.61 Å². The Morgan fingerprint density at radius 2 is 2.14 bits per heavy atom. The standard InChI is InChI=1S/C16H20N4O2/c1-11-7-13(3)20(18-11)9-12(2)19-22-10-14-5-4-6-15(8-14)16(17)21/h4-8H,9-10H2,1-3H3,(H2,17,21). The summed E-state index contributed by atoms with van der Waals surface area (Å²) in [5.41, 5.74) is 9.44. The molecule has 0 fully saturated rings. The van der Waals surface area contributed by atoms with Crippen LogP contribution in [0.4, 0.5) is 0 Å². The number of nitrogens with zero attached hydrogens (tertiary/aromatic N) is 3. The Morgan fingerprint density at radius 3 is 2.77 bits per heavy atom. The Kier molecular flexibility index (Phi) is 4.93. The van der Waals surface area contributed by atoms with E-state index in [2.05, 4.69) is 10.3 Å². The molecule has 0 spiro atoms. The topological polar surface area (TPSA) is 82.5 Å². The van der Waals surface area contributed by atoms with Gasteiger partial charge in [-0.15, -0.1) is 0 Å². The highest BCUT2D eigenvalue weighted by atomic mass is 16.6. The summed E-state index contributed by atoms with van der Waals surface area (Å²) >= 11 is 0. The molecule has 0 radical (unpaired) electrons. The molecule has 1 aromatic heterocycles. The summed E-state index contributed by atoms with van der Waals surface area (Å²) in [6.45, 7) is 6.72. The van der Waals surface area contributed by atoms with Gasteiger partial charge in [0.05, 0.1) is 18.0 Å². The molecule has 0 unspecified atom stereocenters. The third-order valence-electron chi connectivity index (χ3n) is 3.15. The second-order valence-electron chi connectivity index (χ2n) is 5.25. The third-order valence-corrected chi connectivity index (χ3v) is 3.15. The number of rotatable bonds is 6. The largest absolute Gasteiger partial charge is 0.391 e. The zero-order valence-electron chi connectivity index (χ0n) is 13.0. The van der Waals surface area contributed by atoms with Gasteiger partial charge in [0.25, 0.3) is 0 Å². The van der Waals surface area contributed by atoms with Crippen LogP contribution in [0.2, 0.25) is 0 Å². The minimum Gasteiger partial charge on any atom is -0.391 e. The highest BCUT2D eigenvalue weighted by molar-refractivity contribution is 5.92. The van der Waals surface area contributed by atoms with Crippen LogP contribution in [0.5, 0.6) is 0 Å². The summed E-state index contributed by atoms with van der Waals surface area (Å²) in [7, 11) is 0. The van der Waals surface area contributed by atoms with Crippen molar-refractivity contribution in [2.24, 2.45) is 10.9 Å². The van der Waals surface area contributed by atoms with Crippen LogP contribution in [0.15, 0.2) is 35.5 Å². The van der Waals surface area contributed by atoms with E-state index in [0.717, 1.165) is 22.7 Å². The quantitative estimate of drug-likeness (QED) is 0.655. The normalized spacial score (nSPS) is 11.5. The van der Waals surface area contributed by atoms with Gasteiger partial charge in [-0.05, 0) is 44.5 Å². The van der Waals surface area contributed by atoms with E-state index < -0.39 is 5.91 Å². The highest BCUT2D eigenvalue weighted by Crippen LogP contribution is 2.07. The van der Waals surface area contributed by atoms with Crippen molar-refractivity contribution in [2.75, 3.05) is 0 Å². The van der Waals surface area contributed by atoms with Crippen LogP contribution < -0.4 is 5.73 Å². The minimum atomic E-state index is -0.453. The fraction of sp³-hybridized carbons (Fsp3) is 0.312. The molecule has 0 aliphatic carbocycles. The maximum Gasteiger partial charge on any atom is 0.248 e. The van der Waals surface area contributed by atoms with Crippen molar-refractivity contribution in [3.8, 4) is 0 Å². The van der Waals surface area contributed by atoms with Gasteiger partial charge in [-0.3, -0.25) is 9.48 Å². The summed E-state index contributed by atoms with van der Waals surface area (Å²) in [5.74, 6) is -0.453. The minimum absolute atomic E-state index is 0.287. The van der Waals surface area contributed by atoms with Gasteiger partial charge < -0.3 is 10.6 Å². The lowest BCUT2D eigenvalue weighted by atomic mass is 10.1. The van der Waals surface area contributed by atoms with E-state index in [9.17, 15) is 4.79 Å². The highest BCUT2D eigenvalue weighted by Gasteiger charge is 2.04. The van der Waals surface area contributed by atoms with Gasteiger partial charge in [-0.2, -0.15) is 5.10 Å². The molecule has 0 atom stereocenters. The Bertz CT molecular complexity index is 704. The fourth-order valence-electron chi connectivity index (χ4n) is 2.11. The van der Waals surface area contributed by atoms with Crippen LogP contribution in [0, 0.1) is 13.8 Å². The number of carbonyl (C=O) groups is 1. The first kappa shape index (κ1) is 15.8. The smallest absolute Gasteiger partial charge is 0.248 e. The summed E-state index contributed by atoms with van der Waals surface area (Å²) in [6.07, 6.45) is 0. The molecule has 1 amide bonds. The number of hydrogen-bond acceptors (Lipinski definition) is 4. The first-order valence-corrected chi connectivity index (χ1v) is 7.01. The molecule has 1 heterocycles. The molecule has 0 aliphatic heterocycles. The fourth-order valence-corrected chi connectivity index (χ4v) is 2.11. The first-order valence-electron chi connectivity index (χ1n) is 7.01. The van der Waals surface area contributed by atoms with Gasteiger partial charge >= 0.3 is 0 Å². The van der Waals surface area contributed by atoms with E-state index in [-0.39, 0.29) is 6.61 Å². The lowest BCUT2D eigenvalue weighted by molar-refractivity contribution is 0.0999. The van der Waals surface area contributed by atoms with Crippen LogP contribution in [-0.4, -0.2) is 21.4 Å². The molecular formula is C16H20N4O2. The van der Waals surface area contributed by atoms with Crippen LogP contribution in [0.3, 0.4) is 0 Å². The van der Waals surface area contributed by atoms with Crippen molar-refractivity contribution in [1.29, 1.82) is 0 Å². The number of benzene rings is 1. The van der Waals surface area contributed by atoms with E-state index in [0.29, 0.717) is 12.1 Å². The molecule has 0 saturated heterocycles. The zero-order valence-corrected chi connectivity index (χ0v) is 13.0. The average molecular weight is 300 g/mol. The van der Waals surface area contributed by atoms with Crippen LogP contribution in [-0.2, 0) is 18.0 Å². The summed E-state index contributed by atoms with van der Waals surface area (Å²) in [6, 6.07) is 9.02. The van der Waals surface area contributed by atoms with Gasteiger partial charge in [0, 0.05) is 11.3 Å². The monoisotopic (exact) mass is 300 g/mol. The number of amides is 1. The van der Waals surface area contributed by atoms with Crippen LogP contribution >= 0.6 is 0 Å². The Morgan fingerprint density at radius 1 is 1.36 bits per heavy atom. The second kappa shape index (κ2) is 6.89. The molecule has 2 N–H and O–H groups in total. The maximum atomic E-state index is 11.1. The zero-order chi connectivity index (χ0) is 16.1. The van der Waals surface area contributed by atoms with Crippen molar-refractivity contribution in [3.63, 3.8) is 0 Å². The van der Waals surface area contributed by atoms with Crippen molar-refractivity contribution in [3.05, 3.63) is 52.8 Å². The summed E-state index contributed by atoms with van der Waals surface area (Å²) in [4.78, 5) is 16.4. The van der Waals surface area contributed by atoms with E-state index in [1.807, 2.05) is 37.6 Å². The lowest BCUT2D eigenvalue weighted by Crippen LogP contribution is -2.11. The molecule has 2 aromatic rings. The second-order valence-corrected chi connectivity index (χ2v) is 5.25. The van der Waals surface area contributed by atoms with Crippen LogP contribution in [0.1, 0.15) is 34.2 Å². The van der Waals surface area contributed by atoms with E-state index in [1.54, 1.807) is 18.2 Å². The first-order chi connectivity index (χ1) is 10.5. The molecule has 0 saturated carbocycles. The molecule has 0 aliphatic rings. The van der Waals surface area contributed by atoms with Gasteiger partial charge in [0.15, 0.2) is 0 Å². The number of oxime groups is 1. The molecule has 6 nitrogen and oxygen atoms in total. The molecule has 6 heteroatoms. The van der Waals surface area contributed by atoms with E-state index in [4.69, 9.17) is 10.6 Å². The van der Waals surface area contributed by atoms with Crippen molar-refractivity contribution >= 4 is 11.6 Å². The average Bonchev–Trinajstić information content (AvgIpc) is 2.77. The molecule has 2 rings (SSSR count). The number of aryl methyl sites for hydroxylation is 2. The number of nitrogens with two attached hydrogens (primary N) is 1.